The van der Waals surface area contributed by atoms with E-state index in [2.05, 4.69) is 123 Å². The molecule has 6 rings (SSSR count). The number of benzene rings is 2. The third-order valence-electron chi connectivity index (χ3n) is 17.3. The maximum absolute atomic E-state index is 9.05. The van der Waals surface area contributed by atoms with Crippen molar-refractivity contribution in [3.63, 3.8) is 0 Å². The molecule has 60 heavy (non-hydrogen) atoms. The van der Waals surface area contributed by atoms with Gasteiger partial charge in [-0.2, -0.15) is 0 Å². The van der Waals surface area contributed by atoms with Crippen LogP contribution in [0.2, 0.25) is 0 Å². The molecule has 0 radical (unpaired) electrons. The molecule has 0 aliphatic heterocycles. The summed E-state index contributed by atoms with van der Waals surface area (Å²) in [7, 11) is 12.6. The first kappa shape index (κ1) is 49.5. The Bertz CT molecular complexity index is 1670. The number of halogens is 2. The summed E-state index contributed by atoms with van der Waals surface area (Å²) in [5, 5.41) is 0. The third kappa shape index (κ3) is 7.78. The number of hydrogen-bond donors (Lipinski definition) is 0. The van der Waals surface area contributed by atoms with Gasteiger partial charge >= 0.3 is 390 Å². The van der Waals surface area contributed by atoms with E-state index in [0.717, 1.165) is 0 Å². The number of fused-ring (bicyclic) bond motifs is 4. The van der Waals surface area contributed by atoms with Crippen LogP contribution in [0.3, 0.4) is 0 Å². The van der Waals surface area contributed by atoms with Gasteiger partial charge in [0.15, 0.2) is 0 Å². The van der Waals surface area contributed by atoms with Crippen LogP contribution >= 0.6 is 20.0 Å². The van der Waals surface area contributed by atoms with E-state index in [-0.39, 0.29) is 43.3 Å². The van der Waals surface area contributed by atoms with Gasteiger partial charge in [0.1, 0.15) is 0 Å². The average Bonchev–Trinajstić information content (AvgIpc) is 3.70. The van der Waals surface area contributed by atoms with Gasteiger partial charge in [0.2, 0.25) is 0 Å². The van der Waals surface area contributed by atoms with Crippen LogP contribution in [0.5, 0.6) is 0 Å². The Kier molecular flexibility index (Phi) is 14.6. The zero-order valence-corrected chi connectivity index (χ0v) is 47.8. The van der Waals surface area contributed by atoms with Gasteiger partial charge in [-0.3, -0.25) is 0 Å². The van der Waals surface area contributed by atoms with Gasteiger partial charge < -0.3 is 0 Å². The predicted molar refractivity (Wildman–Crippen MR) is 272 cm³/mol. The monoisotopic (exact) mass is 980 g/mol. The molecule has 0 atom stereocenters. The predicted octanol–water partition coefficient (Wildman–Crippen LogP) is 16.4. The maximum atomic E-state index is 9.05. The average molecular weight is 979 g/mol. The summed E-state index contributed by atoms with van der Waals surface area (Å²) in [5.74, 6) is 0. The molecular formula is C56H90Cl2Ge2. The van der Waals surface area contributed by atoms with Crippen molar-refractivity contribution >= 4 is 50.6 Å². The van der Waals surface area contributed by atoms with Crippen molar-refractivity contribution in [1.82, 2.24) is 0 Å². The number of hydrogen-bond acceptors (Lipinski definition) is 0. The molecule has 0 saturated carbocycles. The second-order valence-corrected chi connectivity index (χ2v) is 50.7. The first-order valence-corrected chi connectivity index (χ1v) is 39.7. The summed E-state index contributed by atoms with van der Waals surface area (Å²) < 4.78 is 3.51. The molecule has 0 unspecified atom stereocenters. The number of rotatable bonds is 18. The Morgan fingerprint density at radius 2 is 0.517 bits per heavy atom. The molecule has 336 valence electrons. The first-order chi connectivity index (χ1) is 28.1. The summed E-state index contributed by atoms with van der Waals surface area (Å²) in [6.45, 7) is 40.5. The van der Waals surface area contributed by atoms with Gasteiger partial charge in [-0.1, -0.05) is 0 Å². The molecule has 0 saturated heterocycles. The molecule has 0 fully saturated rings. The topological polar surface area (TPSA) is 0 Å². The summed E-state index contributed by atoms with van der Waals surface area (Å²) in [5.41, 5.74) is 15.0. The summed E-state index contributed by atoms with van der Waals surface area (Å²) in [4.78, 5) is 0. The Morgan fingerprint density at radius 3 is 0.667 bits per heavy atom. The molecule has 0 aromatic heterocycles. The van der Waals surface area contributed by atoms with Crippen molar-refractivity contribution in [2.24, 2.45) is 0 Å². The third-order valence-corrected chi connectivity index (χ3v) is 46.5. The second-order valence-electron chi connectivity index (χ2n) is 24.2. The first-order valence-electron chi connectivity index (χ1n) is 25.6. The molecular weight excluding hydrogens is 889 g/mol. The van der Waals surface area contributed by atoms with Crippen LogP contribution in [0.25, 0.3) is 0 Å². The summed E-state index contributed by atoms with van der Waals surface area (Å²) >= 11 is 0. The summed E-state index contributed by atoms with van der Waals surface area (Å²) in [6.07, 6.45) is 25.0. The van der Waals surface area contributed by atoms with E-state index in [1.165, 1.54) is 128 Å². The van der Waals surface area contributed by atoms with E-state index in [1.807, 2.05) is 0 Å². The fourth-order valence-corrected chi connectivity index (χ4v) is 39.9. The van der Waals surface area contributed by atoms with Gasteiger partial charge in [-0.15, -0.1) is 0 Å². The molecule has 2 aromatic rings. The van der Waals surface area contributed by atoms with Crippen LogP contribution in [0.15, 0.2) is 12.1 Å². The van der Waals surface area contributed by atoms with Crippen LogP contribution in [-0.2, 0) is 43.3 Å². The van der Waals surface area contributed by atoms with Crippen molar-refractivity contribution in [2.75, 3.05) is 0 Å². The van der Waals surface area contributed by atoms with Gasteiger partial charge in [0.25, 0.3) is 0 Å². The van der Waals surface area contributed by atoms with E-state index in [1.54, 1.807) is 53.3 Å². The van der Waals surface area contributed by atoms with E-state index in [9.17, 15) is 0 Å². The van der Waals surface area contributed by atoms with Crippen molar-refractivity contribution in [3.05, 3.63) is 56.6 Å². The van der Waals surface area contributed by atoms with Crippen molar-refractivity contribution < 1.29 is 0 Å². The summed E-state index contributed by atoms with van der Waals surface area (Å²) in [6, 6.07) is 5.63. The van der Waals surface area contributed by atoms with Crippen LogP contribution in [0.4, 0.5) is 0 Å². The standard InChI is InChI=1S/C56H90Cl2Ge2/c1-17-25-53(26-18-2)35-49(9,10)39-33-40-44(54(27-19-3,28-20-4)36-50(40,11)12)47(43(39)53)59(57)60(58)48-45-41(51(13,14)37-55(45,29-21-5)30-22-6)34-42-46(48)56(31-23-7,32-24-8)38-52(42,15)16/h33-34H,17-32,35-38H2,1-16H3/b60-59+. The SMILES string of the molecule is CCCC1(CCC)CC(C)(C)c2cc3c([c](/[Ge]([Cl])=[Ge](\[Cl])[c]4c5c(cc6c4C(CCC)(CCC)CC6(C)C)C(C)(C)CC5(CCC)CCC)c21)C(CCC)(CCC)CC3(C)C. The van der Waals surface area contributed by atoms with Gasteiger partial charge in [0, 0.05) is 0 Å². The van der Waals surface area contributed by atoms with Gasteiger partial charge in [-0.25, -0.2) is 0 Å². The second kappa shape index (κ2) is 17.7. The van der Waals surface area contributed by atoms with Crippen molar-refractivity contribution in [3.8, 4) is 0 Å². The fourth-order valence-electron chi connectivity index (χ4n) is 16.5. The minimum absolute atomic E-state index is 0.125. The van der Waals surface area contributed by atoms with Crippen LogP contribution in [-0.4, -0.2) is 21.8 Å². The van der Waals surface area contributed by atoms with Crippen LogP contribution in [0.1, 0.15) is 284 Å². The molecule has 0 amide bonds. The Balaban J connectivity index is 1.92. The molecule has 4 heteroatoms. The zero-order chi connectivity index (χ0) is 44.5. The molecule has 2 aromatic carbocycles. The Hall–Kier alpha value is 0.106. The molecule has 0 nitrogen and oxygen atoms in total. The quantitative estimate of drug-likeness (QED) is 0.131. The van der Waals surface area contributed by atoms with E-state index >= 15 is 0 Å². The minimum atomic E-state index is -2.73. The van der Waals surface area contributed by atoms with Crippen molar-refractivity contribution in [1.29, 1.82) is 0 Å². The van der Waals surface area contributed by atoms with E-state index in [4.69, 9.17) is 20.0 Å². The normalized spacial score (nSPS) is 23.0. The molecule has 0 spiro atoms. The molecule has 0 heterocycles. The van der Waals surface area contributed by atoms with Crippen LogP contribution in [0, 0.1) is 0 Å². The van der Waals surface area contributed by atoms with Gasteiger partial charge in [-0.05, 0) is 0 Å². The molecule has 4 aliphatic carbocycles. The Labute approximate surface area is 387 Å². The van der Waals surface area contributed by atoms with Crippen molar-refractivity contribution in [2.45, 2.75) is 283 Å². The van der Waals surface area contributed by atoms with E-state index < -0.39 is 21.8 Å². The van der Waals surface area contributed by atoms with Crippen LogP contribution < -0.4 is 8.79 Å². The molecule has 4 aliphatic rings. The zero-order valence-electron chi connectivity index (χ0n) is 42.1. The molecule has 0 N–H and O–H groups in total. The van der Waals surface area contributed by atoms with Gasteiger partial charge in [0.05, 0.1) is 0 Å². The van der Waals surface area contributed by atoms with E-state index in [0.29, 0.717) is 0 Å². The molecule has 0 bridgehead atoms. The Morgan fingerprint density at radius 1 is 0.350 bits per heavy atom. The fraction of sp³-hybridized carbons (Fsp3) is 0.786.